The molecule has 0 amide bonds. The molecular formula is C22H31Cl2N3O6. The van der Waals surface area contributed by atoms with Gasteiger partial charge in [-0.1, -0.05) is 68.3 Å². The third-order valence-electron chi connectivity index (χ3n) is 5.10. The molecule has 1 aliphatic heterocycles. The van der Waals surface area contributed by atoms with E-state index in [0.29, 0.717) is 29.8 Å². The van der Waals surface area contributed by atoms with Crippen molar-refractivity contribution in [2.75, 3.05) is 19.8 Å². The highest BCUT2D eigenvalue weighted by Crippen LogP contribution is 2.40. The summed E-state index contributed by atoms with van der Waals surface area (Å²) in [5.74, 6) is -0.990. The molecule has 0 spiro atoms. The number of halogens is 2. The van der Waals surface area contributed by atoms with Gasteiger partial charge in [-0.3, -0.25) is 0 Å². The van der Waals surface area contributed by atoms with E-state index in [1.807, 2.05) is 16.8 Å². The second-order valence-electron chi connectivity index (χ2n) is 7.74. The Balaban J connectivity index is 0.000000890. The lowest BCUT2D eigenvalue weighted by Gasteiger charge is -2.30. The van der Waals surface area contributed by atoms with Crippen molar-refractivity contribution in [2.45, 2.75) is 63.9 Å². The van der Waals surface area contributed by atoms with Crippen molar-refractivity contribution < 1.29 is 24.5 Å². The summed E-state index contributed by atoms with van der Waals surface area (Å²) in [7, 11) is 0. The summed E-state index contributed by atoms with van der Waals surface area (Å²) in [6.07, 6.45) is 12.7. The number of nitrogens with zero attached hydrogens (tertiary/aromatic N) is 3. The number of unbranched alkanes of at least 4 members (excludes halogenated alkanes) is 5. The van der Waals surface area contributed by atoms with Crippen molar-refractivity contribution in [3.8, 4) is 0 Å². The highest BCUT2D eigenvalue weighted by Gasteiger charge is 2.45. The molecule has 33 heavy (non-hydrogen) atoms. The van der Waals surface area contributed by atoms with Crippen molar-refractivity contribution in [3.05, 3.63) is 62.6 Å². The average Bonchev–Trinajstić information content (AvgIpc) is 3.40. The first kappa shape index (κ1) is 27.3. The van der Waals surface area contributed by atoms with E-state index in [-0.39, 0.29) is 6.10 Å². The zero-order valence-electron chi connectivity index (χ0n) is 18.7. The lowest BCUT2D eigenvalue weighted by atomic mass is 10.1. The highest BCUT2D eigenvalue weighted by molar-refractivity contribution is 6.35. The summed E-state index contributed by atoms with van der Waals surface area (Å²) in [5, 5.41) is 14.7. The van der Waals surface area contributed by atoms with Gasteiger partial charge in [0, 0.05) is 29.6 Å². The van der Waals surface area contributed by atoms with Crippen LogP contribution in [0.1, 0.15) is 51.0 Å². The van der Waals surface area contributed by atoms with E-state index in [1.165, 1.54) is 32.1 Å². The average molecular weight is 504 g/mol. The molecule has 1 saturated heterocycles. The van der Waals surface area contributed by atoms with Crippen molar-refractivity contribution in [1.82, 2.24) is 9.55 Å². The van der Waals surface area contributed by atoms with Gasteiger partial charge in [-0.25, -0.2) is 4.98 Å². The lowest BCUT2D eigenvalue weighted by molar-refractivity contribution is -0.742. The number of hydrogen-bond acceptors (Lipinski definition) is 6. The van der Waals surface area contributed by atoms with E-state index in [0.717, 1.165) is 18.6 Å². The minimum atomic E-state index is -1.50. The van der Waals surface area contributed by atoms with Gasteiger partial charge in [-0.15, -0.1) is 10.1 Å². The number of ether oxygens (including phenoxy) is 3. The molecule has 0 radical (unpaired) electrons. The molecule has 9 nitrogen and oxygen atoms in total. The third-order valence-corrected chi connectivity index (χ3v) is 5.64. The minimum Gasteiger partial charge on any atom is -0.379 e. The molecule has 2 aromatic rings. The van der Waals surface area contributed by atoms with Crippen LogP contribution < -0.4 is 0 Å². The summed E-state index contributed by atoms with van der Waals surface area (Å²) in [4.78, 5) is 12.5. The monoisotopic (exact) mass is 503 g/mol. The molecule has 1 aliphatic rings. The molecule has 2 unspecified atom stereocenters. The van der Waals surface area contributed by atoms with Crippen LogP contribution in [0.25, 0.3) is 0 Å². The number of benzene rings is 1. The predicted molar refractivity (Wildman–Crippen MR) is 124 cm³/mol. The topological polar surface area (TPSA) is 109 Å². The Hall–Kier alpha value is -1.91. The van der Waals surface area contributed by atoms with Crippen molar-refractivity contribution >= 4 is 23.2 Å². The zero-order chi connectivity index (χ0) is 24.1. The van der Waals surface area contributed by atoms with Crippen LogP contribution in [0.4, 0.5) is 0 Å². The van der Waals surface area contributed by atoms with Crippen LogP contribution in [0.3, 0.4) is 0 Å². The third kappa shape index (κ3) is 9.46. The molecule has 2 atom stereocenters. The number of hydrogen-bond donors (Lipinski definition) is 1. The highest BCUT2D eigenvalue weighted by atomic mass is 35.5. The van der Waals surface area contributed by atoms with Crippen molar-refractivity contribution in [2.24, 2.45) is 0 Å². The van der Waals surface area contributed by atoms with Crippen LogP contribution in [0.15, 0.2) is 36.9 Å². The Morgan fingerprint density at radius 1 is 1.30 bits per heavy atom. The number of imidazole rings is 1. The molecule has 3 rings (SSSR count). The Morgan fingerprint density at radius 3 is 2.70 bits per heavy atom. The second-order valence-corrected chi connectivity index (χ2v) is 8.59. The molecule has 1 N–H and O–H groups in total. The number of aromatic nitrogens is 2. The molecule has 184 valence electrons. The van der Waals surface area contributed by atoms with Gasteiger partial charge < -0.3 is 24.0 Å². The summed E-state index contributed by atoms with van der Waals surface area (Å²) in [5.41, 5.74) is 0.760. The van der Waals surface area contributed by atoms with Gasteiger partial charge in [0.05, 0.1) is 31.1 Å². The SMILES string of the molecule is CCCCCCCCOCC1COC(Cn2ccnc2)(c2ccc(Cl)cc2Cl)O1.O=[N+]([O-])O. The predicted octanol–water partition coefficient (Wildman–Crippen LogP) is 5.49. The van der Waals surface area contributed by atoms with Gasteiger partial charge in [0.25, 0.3) is 5.09 Å². The normalized spacial score (nSPS) is 19.8. The molecule has 2 heterocycles. The van der Waals surface area contributed by atoms with Crippen molar-refractivity contribution in [1.29, 1.82) is 0 Å². The van der Waals surface area contributed by atoms with Crippen LogP contribution in [-0.2, 0) is 26.5 Å². The molecule has 0 saturated carbocycles. The first-order valence-electron chi connectivity index (χ1n) is 11.0. The summed E-state index contributed by atoms with van der Waals surface area (Å²) >= 11 is 12.6. The van der Waals surface area contributed by atoms with Gasteiger partial charge in [0.2, 0.25) is 5.79 Å². The van der Waals surface area contributed by atoms with Gasteiger partial charge in [-0.2, -0.15) is 0 Å². The summed E-state index contributed by atoms with van der Waals surface area (Å²) < 4.78 is 20.3. The van der Waals surface area contributed by atoms with E-state index in [4.69, 9.17) is 52.7 Å². The smallest absolute Gasteiger partial charge is 0.291 e. The second kappa shape index (κ2) is 14.4. The Labute approximate surface area is 203 Å². The van der Waals surface area contributed by atoms with Gasteiger partial charge >= 0.3 is 0 Å². The standard InChI is InChI=1S/C22H30Cl2N2O3.HNO3/c1-2-3-4-5-6-7-12-27-14-19-15-28-22(29-19,16-26-11-10-25-17-26)20-9-8-18(23)13-21(20)24;2-1(3)4/h8-11,13,17,19H,2-7,12,14-16H2,1H3;(H,2,3,4). The molecular weight excluding hydrogens is 473 g/mol. The Bertz CT molecular complexity index is 836. The fourth-order valence-electron chi connectivity index (χ4n) is 3.57. The maximum absolute atomic E-state index is 8.36. The first-order chi connectivity index (χ1) is 15.9. The molecule has 0 aliphatic carbocycles. The fraction of sp³-hybridized carbons (Fsp3) is 0.591. The minimum absolute atomic E-state index is 0.148. The fourth-order valence-corrected chi connectivity index (χ4v) is 4.13. The van der Waals surface area contributed by atoms with Crippen LogP contribution >= 0.6 is 23.2 Å². The van der Waals surface area contributed by atoms with Crippen LogP contribution in [0.2, 0.25) is 10.0 Å². The zero-order valence-corrected chi connectivity index (χ0v) is 20.2. The largest absolute Gasteiger partial charge is 0.379 e. The van der Waals surface area contributed by atoms with Crippen LogP contribution in [0, 0.1) is 10.1 Å². The maximum atomic E-state index is 8.36. The Morgan fingerprint density at radius 2 is 2.03 bits per heavy atom. The Kier molecular flexibility index (Phi) is 11.9. The van der Waals surface area contributed by atoms with E-state index in [2.05, 4.69) is 11.9 Å². The van der Waals surface area contributed by atoms with E-state index < -0.39 is 10.9 Å². The van der Waals surface area contributed by atoms with E-state index >= 15 is 0 Å². The molecule has 11 heteroatoms. The van der Waals surface area contributed by atoms with Crippen molar-refractivity contribution in [3.63, 3.8) is 0 Å². The van der Waals surface area contributed by atoms with Crippen LogP contribution in [0.5, 0.6) is 0 Å². The summed E-state index contributed by atoms with van der Waals surface area (Å²) in [6, 6.07) is 5.37. The van der Waals surface area contributed by atoms with Gasteiger partial charge in [0.15, 0.2) is 0 Å². The van der Waals surface area contributed by atoms with E-state index in [1.54, 1.807) is 24.7 Å². The van der Waals surface area contributed by atoms with Crippen LogP contribution in [-0.4, -0.2) is 45.8 Å². The quantitative estimate of drug-likeness (QED) is 0.231. The van der Waals surface area contributed by atoms with E-state index in [9.17, 15) is 0 Å². The van der Waals surface area contributed by atoms with Gasteiger partial charge in [-0.05, 0) is 18.6 Å². The lowest BCUT2D eigenvalue weighted by Crippen LogP contribution is -2.34. The maximum Gasteiger partial charge on any atom is 0.291 e. The molecule has 1 aromatic carbocycles. The first-order valence-corrected chi connectivity index (χ1v) is 11.8. The van der Waals surface area contributed by atoms with Gasteiger partial charge in [0.1, 0.15) is 6.10 Å². The molecule has 1 aromatic heterocycles. The number of rotatable bonds is 12. The molecule has 0 bridgehead atoms. The molecule has 1 fully saturated rings. The summed E-state index contributed by atoms with van der Waals surface area (Å²) in [6.45, 7) is 4.39.